The number of carbonyl (C=O) groups is 3. The number of hydrogen-bond donors (Lipinski definition) is 2. The van der Waals surface area contributed by atoms with Crippen LogP contribution in [0.25, 0.3) is 0 Å². The Labute approximate surface area is 147 Å². The minimum absolute atomic E-state index is 0.0721. The van der Waals surface area contributed by atoms with Gasteiger partial charge in [0.05, 0.1) is 12.6 Å². The topological polar surface area (TPSA) is 95.9 Å². The molecule has 1 saturated heterocycles. The Morgan fingerprint density at radius 3 is 2.40 bits per heavy atom. The molecule has 2 unspecified atom stereocenters. The van der Waals surface area contributed by atoms with Crippen molar-refractivity contribution in [2.45, 2.75) is 64.9 Å². The van der Waals surface area contributed by atoms with Crippen LogP contribution in [0.2, 0.25) is 0 Å². The molecule has 1 aliphatic heterocycles. The normalized spacial score (nSPS) is 22.3. The van der Waals surface area contributed by atoms with Gasteiger partial charge in [0.2, 0.25) is 5.91 Å². The fourth-order valence-corrected chi connectivity index (χ4v) is 2.44. The smallest absolute Gasteiger partial charge is 0.411 e. The quantitative estimate of drug-likeness (QED) is 0.734. The molecular weight excluding hydrogens is 331 g/mol. The van der Waals surface area contributed by atoms with Gasteiger partial charge in [0, 0.05) is 12.5 Å². The number of nitrogens with one attached hydrogen (secondary N) is 1. The van der Waals surface area contributed by atoms with Crippen molar-refractivity contribution < 1.29 is 28.6 Å². The van der Waals surface area contributed by atoms with Gasteiger partial charge in [0.1, 0.15) is 17.8 Å². The largest absolute Gasteiger partial charge is 0.478 e. The SMILES string of the molecule is CC(C)[C@@H](/C=C/C(=O)O)NC(=O)C1CC(F)CN1C(=O)OC(C)(C)C. The number of hydrogen-bond acceptors (Lipinski definition) is 4. The van der Waals surface area contributed by atoms with E-state index < -0.39 is 41.8 Å². The minimum Gasteiger partial charge on any atom is -0.478 e. The lowest BCUT2D eigenvalue weighted by atomic mass is 10.0. The fraction of sp³-hybridized carbons (Fsp3) is 0.706. The maximum atomic E-state index is 13.8. The zero-order valence-electron chi connectivity index (χ0n) is 15.3. The molecule has 3 atom stereocenters. The van der Waals surface area contributed by atoms with Gasteiger partial charge < -0.3 is 15.2 Å². The van der Waals surface area contributed by atoms with Crippen molar-refractivity contribution in [2.24, 2.45) is 5.92 Å². The summed E-state index contributed by atoms with van der Waals surface area (Å²) < 4.78 is 19.0. The third-order valence-corrected chi connectivity index (χ3v) is 3.65. The first-order valence-corrected chi connectivity index (χ1v) is 8.26. The van der Waals surface area contributed by atoms with Gasteiger partial charge in [-0.25, -0.2) is 14.0 Å². The van der Waals surface area contributed by atoms with Crippen LogP contribution in [0.3, 0.4) is 0 Å². The second kappa shape index (κ2) is 8.31. The molecule has 1 aliphatic rings. The monoisotopic (exact) mass is 358 g/mol. The number of ether oxygens (including phenoxy) is 1. The number of carboxylic acids is 1. The third kappa shape index (κ3) is 6.72. The number of nitrogens with zero attached hydrogens (tertiary/aromatic N) is 1. The van der Waals surface area contributed by atoms with E-state index in [1.165, 1.54) is 6.08 Å². The number of rotatable bonds is 5. The Balaban J connectivity index is 2.85. The maximum absolute atomic E-state index is 13.8. The van der Waals surface area contributed by atoms with Crippen molar-refractivity contribution in [3.63, 3.8) is 0 Å². The van der Waals surface area contributed by atoms with Crippen LogP contribution in [-0.2, 0) is 14.3 Å². The van der Waals surface area contributed by atoms with E-state index in [2.05, 4.69) is 5.32 Å². The molecule has 142 valence electrons. The molecule has 8 heteroatoms. The van der Waals surface area contributed by atoms with Crippen molar-refractivity contribution in [1.82, 2.24) is 10.2 Å². The van der Waals surface area contributed by atoms with Crippen LogP contribution in [0, 0.1) is 5.92 Å². The Bertz CT molecular complexity index is 542. The van der Waals surface area contributed by atoms with E-state index in [0.717, 1.165) is 11.0 Å². The lowest BCUT2D eigenvalue weighted by Crippen LogP contribution is -2.50. The highest BCUT2D eigenvalue weighted by atomic mass is 19.1. The van der Waals surface area contributed by atoms with Gasteiger partial charge in [-0.15, -0.1) is 0 Å². The zero-order valence-corrected chi connectivity index (χ0v) is 15.3. The molecule has 0 aromatic heterocycles. The van der Waals surface area contributed by atoms with Crippen molar-refractivity contribution in [2.75, 3.05) is 6.54 Å². The first-order chi connectivity index (χ1) is 11.4. The number of amides is 2. The predicted molar refractivity (Wildman–Crippen MR) is 89.8 cm³/mol. The molecule has 0 aromatic carbocycles. The van der Waals surface area contributed by atoms with Gasteiger partial charge in [0.25, 0.3) is 0 Å². The van der Waals surface area contributed by atoms with Gasteiger partial charge in [-0.1, -0.05) is 19.9 Å². The van der Waals surface area contributed by atoms with Crippen molar-refractivity contribution in [3.8, 4) is 0 Å². The highest BCUT2D eigenvalue weighted by Gasteiger charge is 2.42. The van der Waals surface area contributed by atoms with Gasteiger partial charge in [-0.2, -0.15) is 0 Å². The second-order valence-electron chi connectivity index (χ2n) is 7.46. The number of aliphatic carboxylic acids is 1. The average Bonchev–Trinajstić information content (AvgIpc) is 2.83. The van der Waals surface area contributed by atoms with E-state index in [1.807, 2.05) is 13.8 Å². The second-order valence-corrected chi connectivity index (χ2v) is 7.46. The Hall–Kier alpha value is -2.12. The molecule has 0 bridgehead atoms. The fourth-order valence-electron chi connectivity index (χ4n) is 2.44. The van der Waals surface area contributed by atoms with E-state index in [0.29, 0.717) is 0 Å². The molecule has 2 amide bonds. The molecule has 1 rings (SSSR count). The Morgan fingerprint density at radius 2 is 1.92 bits per heavy atom. The van der Waals surface area contributed by atoms with E-state index in [-0.39, 0.29) is 18.9 Å². The lowest BCUT2D eigenvalue weighted by molar-refractivity contribution is -0.131. The van der Waals surface area contributed by atoms with Crippen molar-refractivity contribution in [1.29, 1.82) is 0 Å². The van der Waals surface area contributed by atoms with Gasteiger partial charge in [-0.05, 0) is 26.7 Å². The summed E-state index contributed by atoms with van der Waals surface area (Å²) in [5.41, 5.74) is -0.753. The Morgan fingerprint density at radius 1 is 1.32 bits per heavy atom. The van der Waals surface area contributed by atoms with E-state index in [1.54, 1.807) is 20.8 Å². The molecule has 0 radical (unpaired) electrons. The van der Waals surface area contributed by atoms with E-state index >= 15 is 0 Å². The molecule has 0 saturated carbocycles. The maximum Gasteiger partial charge on any atom is 0.411 e. The van der Waals surface area contributed by atoms with E-state index in [9.17, 15) is 18.8 Å². The summed E-state index contributed by atoms with van der Waals surface area (Å²) in [4.78, 5) is 36.5. The first-order valence-electron chi connectivity index (χ1n) is 8.26. The summed E-state index contributed by atoms with van der Waals surface area (Å²) in [5.74, 6) is -1.73. The van der Waals surface area contributed by atoms with Crippen LogP contribution in [0.5, 0.6) is 0 Å². The molecule has 1 fully saturated rings. The molecule has 0 aromatic rings. The Kier molecular flexibility index (Phi) is 6.96. The number of alkyl halides is 1. The molecule has 25 heavy (non-hydrogen) atoms. The van der Waals surface area contributed by atoms with Crippen LogP contribution >= 0.6 is 0 Å². The summed E-state index contributed by atoms with van der Waals surface area (Å²) in [6, 6.07) is -1.52. The van der Waals surface area contributed by atoms with Crippen molar-refractivity contribution >= 4 is 18.0 Å². The molecule has 0 aliphatic carbocycles. The van der Waals surface area contributed by atoms with Gasteiger partial charge >= 0.3 is 12.1 Å². The van der Waals surface area contributed by atoms with Crippen LogP contribution in [-0.4, -0.2) is 58.4 Å². The highest BCUT2D eigenvalue weighted by Crippen LogP contribution is 2.23. The van der Waals surface area contributed by atoms with Crippen LogP contribution in [0.4, 0.5) is 9.18 Å². The number of carbonyl (C=O) groups excluding carboxylic acids is 2. The first kappa shape index (κ1) is 20.9. The van der Waals surface area contributed by atoms with Crippen LogP contribution in [0.15, 0.2) is 12.2 Å². The molecular formula is C17H27FN2O5. The van der Waals surface area contributed by atoms with Crippen molar-refractivity contribution in [3.05, 3.63) is 12.2 Å². The summed E-state index contributed by atoms with van der Waals surface area (Å²) in [6.45, 7) is 8.49. The summed E-state index contributed by atoms with van der Waals surface area (Å²) in [5, 5.41) is 11.4. The molecule has 2 N–H and O–H groups in total. The number of carboxylic acid groups (broad SMARTS) is 1. The standard InChI is InChI=1S/C17H27FN2O5/c1-10(2)12(6-7-14(21)22)19-15(23)13-8-11(18)9-20(13)16(24)25-17(3,4)5/h6-7,10-13H,8-9H2,1-5H3,(H,19,23)(H,21,22)/b7-6+/t11?,12-,13?/m1/s1. The van der Waals surface area contributed by atoms with Crippen LogP contribution in [0.1, 0.15) is 41.0 Å². The number of likely N-dealkylation sites (tertiary alicyclic amines) is 1. The summed E-state index contributed by atoms with van der Waals surface area (Å²) in [6.07, 6.45) is 0.150. The minimum atomic E-state index is -1.31. The van der Waals surface area contributed by atoms with Gasteiger partial charge in [0.15, 0.2) is 0 Å². The average molecular weight is 358 g/mol. The summed E-state index contributed by atoms with van der Waals surface area (Å²) in [7, 11) is 0. The molecule has 7 nitrogen and oxygen atoms in total. The zero-order chi connectivity index (χ0) is 19.4. The molecule has 1 heterocycles. The van der Waals surface area contributed by atoms with E-state index in [4.69, 9.17) is 9.84 Å². The highest BCUT2D eigenvalue weighted by molar-refractivity contribution is 5.87. The predicted octanol–water partition coefficient (Wildman–Crippen LogP) is 2.12. The number of halogens is 1. The van der Waals surface area contributed by atoms with Gasteiger partial charge in [-0.3, -0.25) is 9.69 Å². The third-order valence-electron chi connectivity index (χ3n) is 3.65. The molecule has 0 spiro atoms. The lowest BCUT2D eigenvalue weighted by Gasteiger charge is -2.29. The summed E-state index contributed by atoms with van der Waals surface area (Å²) >= 11 is 0. The van der Waals surface area contributed by atoms with Crippen LogP contribution < -0.4 is 5.32 Å².